The first-order chi connectivity index (χ1) is 19.1. The van der Waals surface area contributed by atoms with Gasteiger partial charge in [-0.25, -0.2) is 8.42 Å². The van der Waals surface area contributed by atoms with E-state index in [1.54, 1.807) is 60.7 Å². The third-order valence-corrected chi connectivity index (χ3v) is 11.0. The maximum absolute atomic E-state index is 14.0. The zero-order valence-corrected chi connectivity index (χ0v) is 24.7. The number of thioether (sulfide) groups is 1. The summed E-state index contributed by atoms with van der Waals surface area (Å²) < 4.78 is 26.0. The van der Waals surface area contributed by atoms with Gasteiger partial charge in [0.05, 0.1) is 11.5 Å². The number of benzene rings is 4. The highest BCUT2D eigenvalue weighted by Gasteiger charge is 2.48. The molecule has 0 heterocycles. The number of rotatable bonds is 12. The van der Waals surface area contributed by atoms with Crippen LogP contribution in [0.1, 0.15) is 39.6 Å². The first-order valence-corrected chi connectivity index (χ1v) is 16.0. The van der Waals surface area contributed by atoms with E-state index in [1.807, 2.05) is 37.3 Å². The quantitative estimate of drug-likeness (QED) is 0.142. The van der Waals surface area contributed by atoms with Crippen LogP contribution in [0.5, 0.6) is 0 Å². The van der Waals surface area contributed by atoms with Crippen LogP contribution in [0.3, 0.4) is 0 Å². The molecule has 0 aliphatic rings. The summed E-state index contributed by atoms with van der Waals surface area (Å²) in [6, 6.07) is 29.7. The van der Waals surface area contributed by atoms with Gasteiger partial charge in [-0.3, -0.25) is 9.59 Å². The normalized spacial score (nSPS) is 13.0. The molecule has 1 N–H and O–H groups in total. The molecule has 0 bridgehead atoms. The Morgan fingerprint density at radius 3 is 1.90 bits per heavy atom. The molecule has 0 saturated heterocycles. The van der Waals surface area contributed by atoms with Gasteiger partial charge in [0, 0.05) is 38.0 Å². The summed E-state index contributed by atoms with van der Waals surface area (Å²) >= 11 is 2.98. The Hall–Kier alpha value is -3.17. The Morgan fingerprint density at radius 2 is 1.30 bits per heavy atom. The lowest BCUT2D eigenvalue weighted by molar-refractivity contribution is 0.0879. The summed E-state index contributed by atoms with van der Waals surface area (Å²) in [5.41, 5.74) is 1.42. The Kier molecular flexibility index (Phi) is 9.68. The summed E-state index contributed by atoms with van der Waals surface area (Å²) in [7, 11) is -4.25. The maximum atomic E-state index is 14.0. The predicted molar refractivity (Wildman–Crippen MR) is 161 cm³/mol. The van der Waals surface area contributed by atoms with Crippen molar-refractivity contribution in [2.75, 3.05) is 12.4 Å². The van der Waals surface area contributed by atoms with Gasteiger partial charge in [-0.15, -0.1) is 11.8 Å². The lowest BCUT2D eigenvalue weighted by Gasteiger charge is -2.28. The third kappa shape index (κ3) is 6.75. The molecule has 0 aliphatic carbocycles. The number of sulfone groups is 1. The number of carbonyl (C=O) groups excluding carboxylic acids is 2. The molecule has 206 valence electrons. The molecule has 1 unspecified atom stereocenters. The molecule has 4 rings (SSSR count). The standard InChI is InChI=1S/C32H30O5S3/c1-23-8-18-29(19-9-23)40(36,37)32(2,22-30(34)24-10-14-26(15-11-24)38-21-20-33)31(35)25-12-16-28(17-13-25)39-27-6-4-3-5-7-27/h3-19,33H,20-22H2,1-2H3. The third-order valence-electron chi connectivity index (χ3n) is 6.53. The van der Waals surface area contributed by atoms with Gasteiger partial charge >= 0.3 is 0 Å². The number of aliphatic hydroxyl groups is 1. The first kappa shape index (κ1) is 29.8. The second kappa shape index (κ2) is 13.0. The topological polar surface area (TPSA) is 88.5 Å². The van der Waals surface area contributed by atoms with Crippen LogP contribution in [0, 0.1) is 6.92 Å². The zero-order valence-electron chi connectivity index (χ0n) is 22.2. The molecular formula is C32H30O5S3. The Balaban J connectivity index is 1.67. The minimum atomic E-state index is -4.25. The van der Waals surface area contributed by atoms with E-state index < -0.39 is 32.6 Å². The highest BCUT2D eigenvalue weighted by molar-refractivity contribution is 7.99. The van der Waals surface area contributed by atoms with Crippen molar-refractivity contribution in [3.8, 4) is 0 Å². The molecule has 0 fully saturated rings. The average molecular weight is 591 g/mol. The molecule has 4 aromatic carbocycles. The lowest BCUT2D eigenvalue weighted by Crippen LogP contribution is -2.45. The molecule has 40 heavy (non-hydrogen) atoms. The van der Waals surface area contributed by atoms with Crippen molar-refractivity contribution in [3.05, 3.63) is 120 Å². The summed E-state index contributed by atoms with van der Waals surface area (Å²) in [6.07, 6.45) is -0.508. The number of aryl methyl sites for hydroxylation is 1. The first-order valence-electron chi connectivity index (χ1n) is 12.7. The highest BCUT2D eigenvalue weighted by atomic mass is 32.2. The molecule has 0 aliphatic heterocycles. The van der Waals surface area contributed by atoms with Gasteiger partial charge < -0.3 is 5.11 Å². The Labute approximate surface area is 244 Å². The van der Waals surface area contributed by atoms with Gasteiger partial charge in [-0.05, 0) is 62.4 Å². The number of carbonyl (C=O) groups is 2. The van der Waals surface area contributed by atoms with Crippen LogP contribution in [0.4, 0.5) is 0 Å². The van der Waals surface area contributed by atoms with Crippen molar-refractivity contribution in [2.24, 2.45) is 0 Å². The largest absolute Gasteiger partial charge is 0.396 e. The molecule has 0 spiro atoms. The van der Waals surface area contributed by atoms with Crippen LogP contribution < -0.4 is 0 Å². The number of aliphatic hydroxyl groups excluding tert-OH is 1. The smallest absolute Gasteiger partial charge is 0.191 e. The minimum Gasteiger partial charge on any atom is -0.396 e. The van der Waals surface area contributed by atoms with E-state index >= 15 is 0 Å². The molecule has 0 amide bonds. The zero-order chi connectivity index (χ0) is 28.8. The van der Waals surface area contributed by atoms with Crippen LogP contribution in [-0.2, 0) is 9.84 Å². The molecule has 4 aromatic rings. The summed E-state index contributed by atoms with van der Waals surface area (Å²) in [4.78, 5) is 30.3. The van der Waals surface area contributed by atoms with Crippen molar-refractivity contribution < 1.29 is 23.1 Å². The average Bonchev–Trinajstić information content (AvgIpc) is 2.97. The van der Waals surface area contributed by atoms with Crippen LogP contribution in [0.15, 0.2) is 123 Å². The predicted octanol–water partition coefficient (Wildman–Crippen LogP) is 6.92. The fourth-order valence-electron chi connectivity index (χ4n) is 4.19. The SMILES string of the molecule is Cc1ccc(S(=O)(=O)C(C)(CC(=O)c2ccc(SCCO)cc2)C(=O)c2ccc(Sc3ccccc3)cc2)cc1. The number of hydrogen-bond acceptors (Lipinski definition) is 7. The van der Waals surface area contributed by atoms with Crippen molar-refractivity contribution >= 4 is 44.9 Å². The monoisotopic (exact) mass is 590 g/mol. The van der Waals surface area contributed by atoms with E-state index in [2.05, 4.69) is 0 Å². The van der Waals surface area contributed by atoms with E-state index in [4.69, 9.17) is 5.11 Å². The van der Waals surface area contributed by atoms with Crippen molar-refractivity contribution in [1.29, 1.82) is 0 Å². The van der Waals surface area contributed by atoms with Crippen LogP contribution >= 0.6 is 23.5 Å². The van der Waals surface area contributed by atoms with Crippen molar-refractivity contribution in [1.82, 2.24) is 0 Å². The van der Waals surface area contributed by atoms with Crippen LogP contribution in [-0.4, -0.2) is 42.2 Å². The van der Waals surface area contributed by atoms with Crippen molar-refractivity contribution in [2.45, 2.75) is 44.6 Å². The molecular weight excluding hydrogens is 561 g/mol. The van der Waals surface area contributed by atoms with Gasteiger partial charge in [-0.2, -0.15) is 0 Å². The lowest BCUT2D eigenvalue weighted by atomic mass is 9.91. The van der Waals surface area contributed by atoms with Gasteiger partial charge in [-0.1, -0.05) is 71.9 Å². The second-order valence-electron chi connectivity index (χ2n) is 9.51. The summed E-state index contributed by atoms with van der Waals surface area (Å²) in [5, 5.41) is 9.05. The molecule has 0 aromatic heterocycles. The minimum absolute atomic E-state index is 0.00578. The molecule has 0 saturated carbocycles. The highest BCUT2D eigenvalue weighted by Crippen LogP contribution is 2.35. The van der Waals surface area contributed by atoms with Crippen molar-refractivity contribution in [3.63, 3.8) is 0 Å². The Bertz CT molecular complexity index is 1560. The fraction of sp³-hybridized carbons (Fsp3) is 0.188. The molecule has 1 atom stereocenters. The number of Topliss-reactive ketones (excluding diaryl/α,β-unsaturated/α-hetero) is 2. The Morgan fingerprint density at radius 1 is 0.750 bits per heavy atom. The number of hydrogen-bond donors (Lipinski definition) is 1. The van der Waals surface area contributed by atoms with Gasteiger partial charge in [0.15, 0.2) is 21.4 Å². The van der Waals surface area contributed by atoms with E-state index in [1.165, 1.54) is 42.6 Å². The number of ketones is 2. The van der Waals surface area contributed by atoms with Crippen LogP contribution in [0.25, 0.3) is 0 Å². The fourth-order valence-corrected chi connectivity index (χ4v) is 7.38. The van der Waals surface area contributed by atoms with E-state index in [0.717, 1.165) is 20.2 Å². The summed E-state index contributed by atoms with van der Waals surface area (Å²) in [5.74, 6) is -0.550. The van der Waals surface area contributed by atoms with E-state index in [9.17, 15) is 18.0 Å². The second-order valence-corrected chi connectivity index (χ2v) is 14.2. The molecule has 8 heteroatoms. The van der Waals surface area contributed by atoms with Gasteiger partial charge in [0.1, 0.15) is 4.75 Å². The summed E-state index contributed by atoms with van der Waals surface area (Å²) in [6.45, 7) is 3.23. The van der Waals surface area contributed by atoms with E-state index in [-0.39, 0.29) is 17.1 Å². The van der Waals surface area contributed by atoms with E-state index in [0.29, 0.717) is 11.3 Å². The maximum Gasteiger partial charge on any atom is 0.191 e. The molecule has 0 radical (unpaired) electrons. The van der Waals surface area contributed by atoms with Gasteiger partial charge in [0.25, 0.3) is 0 Å². The van der Waals surface area contributed by atoms with Crippen LogP contribution in [0.2, 0.25) is 0 Å². The molecule has 5 nitrogen and oxygen atoms in total. The van der Waals surface area contributed by atoms with Gasteiger partial charge in [0.2, 0.25) is 0 Å².